The Hall–Kier alpha value is -1.35. The fraction of sp³-hybridized carbons (Fsp3) is 0.182. The molecule has 0 aliphatic rings. The van der Waals surface area contributed by atoms with E-state index in [1.165, 1.54) is 12.1 Å². The first kappa shape index (κ1) is 11.7. The van der Waals surface area contributed by atoms with Gasteiger partial charge in [-0.3, -0.25) is 4.79 Å². The average molecular weight is 228 g/mol. The maximum absolute atomic E-state index is 12.5. The van der Waals surface area contributed by atoms with Crippen LogP contribution < -0.4 is 5.32 Å². The molecule has 0 unspecified atom stereocenters. The Kier molecular flexibility index (Phi) is 4.31. The molecule has 0 saturated carbocycles. The Bertz CT molecular complexity index is 361. The average Bonchev–Trinajstić information content (AvgIpc) is 2.19. The number of nitrogens with one attached hydrogen (secondary N) is 1. The van der Waals surface area contributed by atoms with Gasteiger partial charge in [0.2, 0.25) is 5.91 Å². The molecule has 0 heterocycles. The summed E-state index contributed by atoms with van der Waals surface area (Å²) in [5.74, 6) is -0.475. The lowest BCUT2D eigenvalue weighted by atomic mass is 10.1. The maximum Gasteiger partial charge on any atom is 0.224 e. The second kappa shape index (κ2) is 5.51. The third-order valence-corrected chi connectivity index (χ3v) is 1.89. The molecular weight excluding hydrogens is 217 g/mol. The minimum absolute atomic E-state index is 0.164. The van der Waals surface area contributed by atoms with Gasteiger partial charge < -0.3 is 5.32 Å². The standard InChI is InChI=1S/C11H11ClFNO/c1-8(12)7-14-11(15)6-9-2-4-10(13)5-3-9/h2-5H,1,6-7H2,(H,14,15). The van der Waals surface area contributed by atoms with Crippen LogP contribution in [0.3, 0.4) is 0 Å². The van der Waals surface area contributed by atoms with Crippen LogP contribution in [0.25, 0.3) is 0 Å². The number of rotatable bonds is 4. The largest absolute Gasteiger partial charge is 0.351 e. The fourth-order valence-electron chi connectivity index (χ4n) is 1.04. The van der Waals surface area contributed by atoms with Crippen molar-refractivity contribution in [3.63, 3.8) is 0 Å². The zero-order chi connectivity index (χ0) is 11.3. The van der Waals surface area contributed by atoms with E-state index in [-0.39, 0.29) is 24.7 Å². The summed E-state index contributed by atoms with van der Waals surface area (Å²) in [6.07, 6.45) is 0.213. The van der Waals surface area contributed by atoms with Crippen molar-refractivity contribution in [3.8, 4) is 0 Å². The molecule has 1 N–H and O–H groups in total. The van der Waals surface area contributed by atoms with Gasteiger partial charge in [-0.15, -0.1) is 0 Å². The summed E-state index contributed by atoms with van der Waals surface area (Å²) in [4.78, 5) is 11.3. The molecule has 15 heavy (non-hydrogen) atoms. The summed E-state index contributed by atoms with van der Waals surface area (Å²) in [5, 5.41) is 2.96. The highest BCUT2D eigenvalue weighted by atomic mass is 35.5. The number of halogens is 2. The Labute approximate surface area is 92.7 Å². The summed E-state index contributed by atoms with van der Waals surface area (Å²) in [6, 6.07) is 5.79. The van der Waals surface area contributed by atoms with Crippen LogP contribution in [0.1, 0.15) is 5.56 Å². The Morgan fingerprint density at radius 2 is 2.00 bits per heavy atom. The van der Waals surface area contributed by atoms with Crippen LogP contribution in [0.15, 0.2) is 35.9 Å². The molecule has 1 aromatic carbocycles. The van der Waals surface area contributed by atoms with E-state index >= 15 is 0 Å². The number of carbonyl (C=O) groups excluding carboxylic acids is 1. The molecule has 0 atom stereocenters. The van der Waals surface area contributed by atoms with Crippen LogP contribution in [0.2, 0.25) is 0 Å². The van der Waals surface area contributed by atoms with Gasteiger partial charge in [0.1, 0.15) is 5.82 Å². The third-order valence-electron chi connectivity index (χ3n) is 1.76. The van der Waals surface area contributed by atoms with Crippen molar-refractivity contribution in [2.45, 2.75) is 6.42 Å². The quantitative estimate of drug-likeness (QED) is 0.840. The molecule has 0 aromatic heterocycles. The second-order valence-corrected chi connectivity index (χ2v) is 3.63. The van der Waals surface area contributed by atoms with Gasteiger partial charge in [0.15, 0.2) is 0 Å². The molecule has 0 aliphatic carbocycles. The Morgan fingerprint density at radius 3 is 2.53 bits per heavy atom. The molecule has 1 rings (SSSR count). The molecule has 1 amide bonds. The lowest BCUT2D eigenvalue weighted by Gasteiger charge is -2.03. The lowest BCUT2D eigenvalue weighted by molar-refractivity contribution is -0.120. The number of amides is 1. The van der Waals surface area contributed by atoms with Gasteiger partial charge in [0.25, 0.3) is 0 Å². The van der Waals surface area contributed by atoms with Gasteiger partial charge in [0, 0.05) is 5.03 Å². The van der Waals surface area contributed by atoms with Gasteiger partial charge >= 0.3 is 0 Å². The minimum Gasteiger partial charge on any atom is -0.351 e. The van der Waals surface area contributed by atoms with Crippen molar-refractivity contribution >= 4 is 17.5 Å². The zero-order valence-corrected chi connectivity index (χ0v) is 8.85. The van der Waals surface area contributed by atoms with E-state index in [4.69, 9.17) is 11.6 Å². The highest BCUT2D eigenvalue weighted by molar-refractivity contribution is 6.29. The SMILES string of the molecule is C=C(Cl)CNC(=O)Cc1ccc(F)cc1. The third kappa shape index (κ3) is 4.61. The van der Waals surface area contributed by atoms with E-state index in [1.54, 1.807) is 12.1 Å². The van der Waals surface area contributed by atoms with Crippen LogP contribution >= 0.6 is 11.6 Å². The predicted molar refractivity (Wildman–Crippen MR) is 58.1 cm³/mol. The molecule has 0 bridgehead atoms. The second-order valence-electron chi connectivity index (χ2n) is 3.10. The number of hydrogen-bond donors (Lipinski definition) is 1. The number of hydrogen-bond acceptors (Lipinski definition) is 1. The lowest BCUT2D eigenvalue weighted by Crippen LogP contribution is -2.26. The summed E-state index contributed by atoms with van der Waals surface area (Å²) in [7, 11) is 0. The predicted octanol–water partition coefficient (Wildman–Crippen LogP) is 2.24. The molecule has 1 aromatic rings. The Balaban J connectivity index is 2.44. The molecule has 2 nitrogen and oxygen atoms in total. The summed E-state index contributed by atoms with van der Waals surface area (Å²) in [6.45, 7) is 3.70. The van der Waals surface area contributed by atoms with Crippen molar-refractivity contribution in [2.75, 3.05) is 6.54 Å². The van der Waals surface area contributed by atoms with Crippen molar-refractivity contribution in [2.24, 2.45) is 0 Å². The molecule has 0 aliphatic heterocycles. The van der Waals surface area contributed by atoms with Crippen LogP contribution in [0.5, 0.6) is 0 Å². The van der Waals surface area contributed by atoms with E-state index in [0.717, 1.165) is 5.56 Å². The molecule has 0 saturated heterocycles. The first-order valence-electron chi connectivity index (χ1n) is 4.42. The summed E-state index contributed by atoms with van der Waals surface area (Å²) >= 11 is 5.49. The van der Waals surface area contributed by atoms with Crippen LogP contribution in [0.4, 0.5) is 4.39 Å². The van der Waals surface area contributed by atoms with E-state index in [2.05, 4.69) is 11.9 Å². The molecule has 0 radical (unpaired) electrons. The van der Waals surface area contributed by atoms with Crippen molar-refractivity contribution in [1.82, 2.24) is 5.32 Å². The van der Waals surface area contributed by atoms with E-state index in [0.29, 0.717) is 5.03 Å². The minimum atomic E-state index is -0.312. The van der Waals surface area contributed by atoms with Crippen molar-refractivity contribution in [1.29, 1.82) is 0 Å². The van der Waals surface area contributed by atoms with E-state index in [1.807, 2.05) is 0 Å². The zero-order valence-electron chi connectivity index (χ0n) is 8.09. The van der Waals surface area contributed by atoms with E-state index < -0.39 is 0 Å². The van der Waals surface area contributed by atoms with Crippen LogP contribution in [-0.4, -0.2) is 12.5 Å². The van der Waals surface area contributed by atoms with Gasteiger partial charge in [0.05, 0.1) is 13.0 Å². The van der Waals surface area contributed by atoms with Gasteiger partial charge in [-0.1, -0.05) is 30.3 Å². The summed E-state index contributed by atoms with van der Waals surface area (Å²) < 4.78 is 12.5. The molecule has 80 valence electrons. The highest BCUT2D eigenvalue weighted by Crippen LogP contribution is 2.03. The number of carbonyl (C=O) groups is 1. The van der Waals surface area contributed by atoms with Gasteiger partial charge in [-0.05, 0) is 17.7 Å². The molecule has 0 fully saturated rings. The van der Waals surface area contributed by atoms with Gasteiger partial charge in [-0.2, -0.15) is 0 Å². The highest BCUT2D eigenvalue weighted by Gasteiger charge is 2.02. The number of benzene rings is 1. The van der Waals surface area contributed by atoms with Gasteiger partial charge in [-0.25, -0.2) is 4.39 Å². The summed E-state index contributed by atoms with van der Waals surface area (Å²) in [5.41, 5.74) is 0.758. The smallest absolute Gasteiger partial charge is 0.224 e. The monoisotopic (exact) mass is 227 g/mol. The van der Waals surface area contributed by atoms with Crippen LogP contribution in [0, 0.1) is 5.82 Å². The Morgan fingerprint density at radius 1 is 1.40 bits per heavy atom. The van der Waals surface area contributed by atoms with Crippen molar-refractivity contribution in [3.05, 3.63) is 47.3 Å². The molecule has 4 heteroatoms. The fourth-order valence-corrected chi connectivity index (χ4v) is 1.11. The van der Waals surface area contributed by atoms with E-state index in [9.17, 15) is 9.18 Å². The first-order valence-corrected chi connectivity index (χ1v) is 4.80. The van der Waals surface area contributed by atoms with Crippen LogP contribution in [-0.2, 0) is 11.2 Å². The van der Waals surface area contributed by atoms with Crippen molar-refractivity contribution < 1.29 is 9.18 Å². The molecule has 0 spiro atoms. The normalized spacial score (nSPS) is 9.73. The first-order chi connectivity index (χ1) is 7.08. The maximum atomic E-state index is 12.5. The molecular formula is C11H11ClFNO. The topological polar surface area (TPSA) is 29.1 Å².